The van der Waals surface area contributed by atoms with Crippen molar-refractivity contribution in [2.75, 3.05) is 6.54 Å². The zero-order valence-electron chi connectivity index (χ0n) is 8.59. The first-order valence-electron chi connectivity index (χ1n) is 5.77. The Morgan fingerprint density at radius 3 is 2.62 bits per heavy atom. The molecular formula is C11H21NO. The summed E-state index contributed by atoms with van der Waals surface area (Å²) in [5.74, 6) is 0. The van der Waals surface area contributed by atoms with Gasteiger partial charge in [0.15, 0.2) is 0 Å². The van der Waals surface area contributed by atoms with E-state index in [1.54, 1.807) is 0 Å². The lowest BCUT2D eigenvalue weighted by molar-refractivity contribution is -0.0482. The Bertz CT molecular complexity index is 156. The van der Waals surface area contributed by atoms with Gasteiger partial charge >= 0.3 is 0 Å². The van der Waals surface area contributed by atoms with Crippen LogP contribution in [0.3, 0.4) is 0 Å². The molecule has 0 aliphatic heterocycles. The number of hydrogen-bond donors (Lipinski definition) is 1. The maximum absolute atomic E-state index is 5.98. The van der Waals surface area contributed by atoms with Crippen LogP contribution in [0.2, 0.25) is 0 Å². The summed E-state index contributed by atoms with van der Waals surface area (Å²) < 4.78 is 5.98. The highest BCUT2D eigenvalue weighted by Crippen LogP contribution is 2.29. The van der Waals surface area contributed by atoms with E-state index >= 15 is 0 Å². The van der Waals surface area contributed by atoms with Gasteiger partial charge in [-0.25, -0.2) is 0 Å². The summed E-state index contributed by atoms with van der Waals surface area (Å²) in [7, 11) is 0. The number of nitrogens with one attached hydrogen (secondary N) is 1. The van der Waals surface area contributed by atoms with Crippen LogP contribution in [0.1, 0.15) is 45.4 Å². The zero-order chi connectivity index (χ0) is 9.10. The summed E-state index contributed by atoms with van der Waals surface area (Å²) in [5.41, 5.74) is 0. The van der Waals surface area contributed by atoms with Gasteiger partial charge in [0, 0.05) is 6.04 Å². The first-order chi connectivity index (χ1) is 6.38. The molecule has 0 saturated heterocycles. The topological polar surface area (TPSA) is 21.3 Å². The first-order valence-corrected chi connectivity index (χ1v) is 5.77. The minimum absolute atomic E-state index is 0.564. The van der Waals surface area contributed by atoms with Gasteiger partial charge in [-0.2, -0.15) is 0 Å². The van der Waals surface area contributed by atoms with Crippen molar-refractivity contribution in [2.45, 2.75) is 63.7 Å². The smallest absolute Gasteiger partial charge is 0.0594 e. The highest BCUT2D eigenvalue weighted by atomic mass is 16.5. The molecule has 0 aromatic heterocycles. The predicted molar refractivity (Wildman–Crippen MR) is 53.8 cm³/mol. The maximum atomic E-state index is 5.98. The van der Waals surface area contributed by atoms with Crippen LogP contribution < -0.4 is 5.32 Å². The van der Waals surface area contributed by atoms with Crippen molar-refractivity contribution in [1.29, 1.82) is 0 Å². The van der Waals surface area contributed by atoms with E-state index in [0.29, 0.717) is 12.2 Å². The van der Waals surface area contributed by atoms with Gasteiger partial charge in [0.1, 0.15) is 0 Å². The molecule has 2 rings (SSSR count). The fourth-order valence-corrected chi connectivity index (χ4v) is 2.32. The van der Waals surface area contributed by atoms with Gasteiger partial charge in [-0.05, 0) is 45.1 Å². The quantitative estimate of drug-likeness (QED) is 0.720. The number of ether oxygens (including phenoxy) is 1. The standard InChI is InChI=1S/C11H21NO/c1-2-12-9-6-7-11(8-9)13-10-4-3-5-10/h9-12H,2-8H2,1H3. The molecule has 2 saturated carbocycles. The van der Waals surface area contributed by atoms with Crippen LogP contribution in [0.4, 0.5) is 0 Å². The summed E-state index contributed by atoms with van der Waals surface area (Å²) in [6.45, 7) is 3.28. The van der Waals surface area contributed by atoms with Crippen molar-refractivity contribution >= 4 is 0 Å². The Balaban J connectivity index is 1.65. The van der Waals surface area contributed by atoms with E-state index in [-0.39, 0.29) is 0 Å². The summed E-state index contributed by atoms with van der Waals surface area (Å²) >= 11 is 0. The van der Waals surface area contributed by atoms with Crippen molar-refractivity contribution < 1.29 is 4.74 Å². The van der Waals surface area contributed by atoms with Crippen molar-refractivity contribution in [2.24, 2.45) is 0 Å². The molecule has 2 heteroatoms. The molecule has 1 N–H and O–H groups in total. The summed E-state index contributed by atoms with van der Waals surface area (Å²) in [6, 6.07) is 0.732. The molecule has 0 aromatic carbocycles. The molecule has 2 fully saturated rings. The van der Waals surface area contributed by atoms with E-state index in [1.165, 1.54) is 38.5 Å². The summed E-state index contributed by atoms with van der Waals surface area (Å²) in [6.07, 6.45) is 9.00. The largest absolute Gasteiger partial charge is 0.375 e. The Kier molecular flexibility index (Phi) is 3.23. The van der Waals surface area contributed by atoms with Crippen molar-refractivity contribution in [3.63, 3.8) is 0 Å². The molecular weight excluding hydrogens is 162 g/mol. The van der Waals surface area contributed by atoms with Crippen LogP contribution in [-0.4, -0.2) is 24.8 Å². The van der Waals surface area contributed by atoms with Gasteiger partial charge in [0.2, 0.25) is 0 Å². The third-order valence-corrected chi connectivity index (χ3v) is 3.31. The SMILES string of the molecule is CCNC1CCC(OC2CCC2)C1. The minimum Gasteiger partial charge on any atom is -0.375 e. The average Bonchev–Trinajstić information content (AvgIpc) is 2.46. The van der Waals surface area contributed by atoms with E-state index in [1.807, 2.05) is 0 Å². The fraction of sp³-hybridized carbons (Fsp3) is 1.00. The number of rotatable bonds is 4. The zero-order valence-corrected chi connectivity index (χ0v) is 8.59. The normalized spacial score (nSPS) is 34.8. The Hall–Kier alpha value is -0.0800. The lowest BCUT2D eigenvalue weighted by Crippen LogP contribution is -2.29. The molecule has 0 heterocycles. The highest BCUT2D eigenvalue weighted by molar-refractivity contribution is 4.83. The Labute approximate surface area is 81.0 Å². The third kappa shape index (κ3) is 2.44. The van der Waals surface area contributed by atoms with Crippen LogP contribution in [0.5, 0.6) is 0 Å². The molecule has 2 aliphatic carbocycles. The molecule has 0 spiro atoms. The van der Waals surface area contributed by atoms with E-state index in [9.17, 15) is 0 Å². The van der Waals surface area contributed by atoms with Crippen molar-refractivity contribution in [3.8, 4) is 0 Å². The summed E-state index contributed by atoms with van der Waals surface area (Å²) in [4.78, 5) is 0. The molecule has 2 nitrogen and oxygen atoms in total. The number of hydrogen-bond acceptors (Lipinski definition) is 2. The van der Waals surface area contributed by atoms with Gasteiger partial charge in [0.05, 0.1) is 12.2 Å². The maximum Gasteiger partial charge on any atom is 0.0594 e. The minimum atomic E-state index is 0.564. The molecule has 0 aromatic rings. The molecule has 0 radical (unpaired) electrons. The average molecular weight is 183 g/mol. The molecule has 2 aliphatic rings. The monoisotopic (exact) mass is 183 g/mol. The van der Waals surface area contributed by atoms with Gasteiger partial charge in [0.25, 0.3) is 0 Å². The van der Waals surface area contributed by atoms with Gasteiger partial charge in [-0.15, -0.1) is 0 Å². The van der Waals surface area contributed by atoms with Gasteiger partial charge in [-0.1, -0.05) is 6.92 Å². The summed E-state index contributed by atoms with van der Waals surface area (Å²) in [5, 5.41) is 3.50. The lowest BCUT2D eigenvalue weighted by Gasteiger charge is -2.28. The second-order valence-electron chi connectivity index (χ2n) is 4.38. The highest BCUT2D eigenvalue weighted by Gasteiger charge is 2.28. The lowest BCUT2D eigenvalue weighted by atomic mass is 9.96. The molecule has 0 bridgehead atoms. The van der Waals surface area contributed by atoms with Crippen LogP contribution >= 0.6 is 0 Å². The van der Waals surface area contributed by atoms with Crippen LogP contribution in [0, 0.1) is 0 Å². The third-order valence-electron chi connectivity index (χ3n) is 3.31. The van der Waals surface area contributed by atoms with Crippen molar-refractivity contribution in [1.82, 2.24) is 5.32 Å². The Morgan fingerprint density at radius 2 is 2.00 bits per heavy atom. The first kappa shape index (κ1) is 9.47. The second kappa shape index (κ2) is 4.43. The van der Waals surface area contributed by atoms with Gasteiger partial charge < -0.3 is 10.1 Å². The van der Waals surface area contributed by atoms with E-state index < -0.39 is 0 Å². The molecule has 2 atom stereocenters. The van der Waals surface area contributed by atoms with E-state index in [4.69, 9.17) is 4.74 Å². The van der Waals surface area contributed by atoms with E-state index in [2.05, 4.69) is 12.2 Å². The van der Waals surface area contributed by atoms with Crippen molar-refractivity contribution in [3.05, 3.63) is 0 Å². The fourth-order valence-electron chi connectivity index (χ4n) is 2.32. The van der Waals surface area contributed by atoms with Crippen LogP contribution in [0.25, 0.3) is 0 Å². The predicted octanol–water partition coefficient (Wildman–Crippen LogP) is 2.09. The molecule has 13 heavy (non-hydrogen) atoms. The molecule has 76 valence electrons. The second-order valence-corrected chi connectivity index (χ2v) is 4.38. The molecule has 0 amide bonds. The molecule has 2 unspecified atom stereocenters. The van der Waals surface area contributed by atoms with Gasteiger partial charge in [-0.3, -0.25) is 0 Å². The van der Waals surface area contributed by atoms with E-state index in [0.717, 1.165) is 12.6 Å². The van der Waals surface area contributed by atoms with Crippen LogP contribution in [0.15, 0.2) is 0 Å². The Morgan fingerprint density at radius 1 is 1.15 bits per heavy atom. The van der Waals surface area contributed by atoms with Crippen LogP contribution in [-0.2, 0) is 4.74 Å².